The third-order valence-electron chi connectivity index (χ3n) is 4.59. The maximum atomic E-state index is 2.38. The Morgan fingerprint density at radius 1 is 0.786 bits per heavy atom. The number of rotatable bonds is 0. The van der Waals surface area contributed by atoms with E-state index >= 15 is 0 Å². The molecule has 0 saturated heterocycles. The Bertz CT molecular complexity index is 170. The standard InChI is InChI=1S/C8H14.C6H12/c1-7-5-8(6-7)3-2-4-8;1-5-3-6(2)4-5/h7H,2-6H2,1H3;5-6H,3-4H2,1-2H3. The topological polar surface area (TPSA) is 0 Å². The zero-order valence-electron chi connectivity index (χ0n) is 10.2. The van der Waals surface area contributed by atoms with E-state index in [1.54, 1.807) is 25.7 Å². The van der Waals surface area contributed by atoms with E-state index in [1.165, 1.54) is 19.3 Å². The summed E-state index contributed by atoms with van der Waals surface area (Å²) in [6.07, 6.45) is 10.7. The van der Waals surface area contributed by atoms with Crippen LogP contribution in [0.3, 0.4) is 0 Å². The van der Waals surface area contributed by atoms with Crippen LogP contribution in [-0.2, 0) is 0 Å². The molecule has 0 aromatic carbocycles. The van der Waals surface area contributed by atoms with E-state index in [0.717, 1.165) is 23.2 Å². The van der Waals surface area contributed by atoms with Crippen LogP contribution in [0, 0.1) is 23.2 Å². The SMILES string of the molecule is CC1CC(C)C1.CC1CC2(CCC2)C1. The zero-order chi connectivity index (χ0) is 10.2. The van der Waals surface area contributed by atoms with E-state index in [-0.39, 0.29) is 0 Å². The Kier molecular flexibility index (Phi) is 2.91. The summed E-state index contributed by atoms with van der Waals surface area (Å²) in [5.74, 6) is 3.15. The predicted molar refractivity (Wildman–Crippen MR) is 62.2 cm³/mol. The molecule has 0 aromatic heterocycles. The van der Waals surface area contributed by atoms with Gasteiger partial charge in [0.1, 0.15) is 0 Å². The van der Waals surface area contributed by atoms with E-state index < -0.39 is 0 Å². The van der Waals surface area contributed by atoms with E-state index in [1.807, 2.05) is 0 Å². The van der Waals surface area contributed by atoms with Gasteiger partial charge in [-0.05, 0) is 61.7 Å². The molecule has 3 aliphatic carbocycles. The molecule has 3 fully saturated rings. The van der Waals surface area contributed by atoms with Crippen LogP contribution < -0.4 is 0 Å². The lowest BCUT2D eigenvalue weighted by Crippen LogP contribution is -2.41. The lowest BCUT2D eigenvalue weighted by Gasteiger charge is -2.53. The van der Waals surface area contributed by atoms with Gasteiger partial charge in [0.25, 0.3) is 0 Å². The van der Waals surface area contributed by atoms with Crippen LogP contribution in [0.25, 0.3) is 0 Å². The van der Waals surface area contributed by atoms with Crippen molar-refractivity contribution >= 4 is 0 Å². The minimum atomic E-state index is 0.916. The Morgan fingerprint density at radius 3 is 1.36 bits per heavy atom. The third kappa shape index (κ3) is 2.15. The molecule has 3 saturated carbocycles. The van der Waals surface area contributed by atoms with E-state index in [9.17, 15) is 0 Å². The van der Waals surface area contributed by atoms with Crippen molar-refractivity contribution in [3.8, 4) is 0 Å². The summed E-state index contributed by atoms with van der Waals surface area (Å²) in [7, 11) is 0. The molecule has 3 rings (SSSR count). The van der Waals surface area contributed by atoms with Crippen LogP contribution in [-0.4, -0.2) is 0 Å². The summed E-state index contributed by atoms with van der Waals surface area (Å²) in [5.41, 5.74) is 0.916. The highest BCUT2D eigenvalue weighted by Gasteiger charge is 2.45. The number of hydrogen-bond acceptors (Lipinski definition) is 0. The molecule has 1 spiro atoms. The van der Waals surface area contributed by atoms with Crippen molar-refractivity contribution in [1.82, 2.24) is 0 Å². The van der Waals surface area contributed by atoms with Crippen LogP contribution in [0.4, 0.5) is 0 Å². The smallest absolute Gasteiger partial charge is 0.0292 e. The maximum Gasteiger partial charge on any atom is -0.0292 e. The average molecular weight is 194 g/mol. The van der Waals surface area contributed by atoms with Crippen molar-refractivity contribution in [2.75, 3.05) is 0 Å². The molecule has 0 radical (unpaired) electrons. The third-order valence-corrected chi connectivity index (χ3v) is 4.59. The van der Waals surface area contributed by atoms with Gasteiger partial charge in [0.2, 0.25) is 0 Å². The van der Waals surface area contributed by atoms with Gasteiger partial charge in [-0.25, -0.2) is 0 Å². The summed E-state index contributed by atoms with van der Waals surface area (Å²) in [6, 6.07) is 0. The molecule has 0 nitrogen and oxygen atoms in total. The molecule has 0 aromatic rings. The first-order chi connectivity index (χ1) is 6.60. The molecule has 0 aliphatic heterocycles. The maximum absolute atomic E-state index is 2.38. The molecule has 14 heavy (non-hydrogen) atoms. The van der Waals surface area contributed by atoms with Crippen molar-refractivity contribution < 1.29 is 0 Å². The Labute approximate surface area is 89.5 Å². The Morgan fingerprint density at radius 2 is 1.29 bits per heavy atom. The molecule has 0 bridgehead atoms. The van der Waals surface area contributed by atoms with Gasteiger partial charge in [-0.15, -0.1) is 0 Å². The highest BCUT2D eigenvalue weighted by atomic mass is 14.5. The van der Waals surface area contributed by atoms with E-state index in [4.69, 9.17) is 0 Å². The molecule has 3 aliphatic rings. The number of hydrogen-bond donors (Lipinski definition) is 0. The molecular weight excluding hydrogens is 168 g/mol. The highest BCUT2D eigenvalue weighted by molar-refractivity contribution is 4.97. The monoisotopic (exact) mass is 194 g/mol. The second kappa shape index (κ2) is 3.87. The first-order valence-corrected chi connectivity index (χ1v) is 6.60. The highest BCUT2D eigenvalue weighted by Crippen LogP contribution is 2.58. The van der Waals surface area contributed by atoms with E-state index in [2.05, 4.69) is 20.8 Å². The summed E-state index contributed by atoms with van der Waals surface area (Å²) >= 11 is 0. The van der Waals surface area contributed by atoms with Gasteiger partial charge < -0.3 is 0 Å². The summed E-state index contributed by atoms with van der Waals surface area (Å²) in [5, 5.41) is 0. The van der Waals surface area contributed by atoms with Crippen LogP contribution >= 0.6 is 0 Å². The zero-order valence-corrected chi connectivity index (χ0v) is 10.2. The predicted octanol–water partition coefficient (Wildman–Crippen LogP) is 4.64. The van der Waals surface area contributed by atoms with Gasteiger partial charge in [0, 0.05) is 0 Å². The second-order valence-corrected chi connectivity index (χ2v) is 6.55. The van der Waals surface area contributed by atoms with Crippen molar-refractivity contribution in [1.29, 1.82) is 0 Å². The van der Waals surface area contributed by atoms with E-state index in [0.29, 0.717) is 0 Å². The first kappa shape index (κ1) is 10.5. The molecule has 0 heterocycles. The minimum absolute atomic E-state index is 0.916. The first-order valence-electron chi connectivity index (χ1n) is 6.60. The van der Waals surface area contributed by atoms with Crippen molar-refractivity contribution in [2.45, 2.75) is 65.7 Å². The normalized spacial score (nSPS) is 38.8. The van der Waals surface area contributed by atoms with Gasteiger partial charge in [0.05, 0.1) is 0 Å². The molecule has 0 unspecified atom stereocenters. The van der Waals surface area contributed by atoms with Crippen LogP contribution in [0.15, 0.2) is 0 Å². The average Bonchev–Trinajstić information content (AvgIpc) is 1.94. The minimum Gasteiger partial charge on any atom is -0.0625 e. The molecule has 0 amide bonds. The van der Waals surface area contributed by atoms with Crippen molar-refractivity contribution in [3.63, 3.8) is 0 Å². The van der Waals surface area contributed by atoms with Crippen LogP contribution in [0.1, 0.15) is 65.7 Å². The molecule has 0 heteroatoms. The Balaban J connectivity index is 0.000000112. The van der Waals surface area contributed by atoms with Crippen molar-refractivity contribution in [2.24, 2.45) is 23.2 Å². The summed E-state index contributed by atoms with van der Waals surface area (Å²) in [4.78, 5) is 0. The van der Waals surface area contributed by atoms with Gasteiger partial charge >= 0.3 is 0 Å². The lowest BCUT2D eigenvalue weighted by atomic mass is 9.52. The fraction of sp³-hybridized carbons (Fsp3) is 1.00. The lowest BCUT2D eigenvalue weighted by molar-refractivity contribution is -0.0161. The van der Waals surface area contributed by atoms with Gasteiger partial charge in [0.15, 0.2) is 0 Å². The molecular formula is C14H26. The quantitative estimate of drug-likeness (QED) is 0.527. The molecule has 82 valence electrons. The van der Waals surface area contributed by atoms with Crippen LogP contribution in [0.2, 0.25) is 0 Å². The van der Waals surface area contributed by atoms with Gasteiger partial charge in [-0.3, -0.25) is 0 Å². The van der Waals surface area contributed by atoms with Crippen LogP contribution in [0.5, 0.6) is 0 Å². The summed E-state index contributed by atoms with van der Waals surface area (Å²) < 4.78 is 0. The Hall–Kier alpha value is 0. The molecule has 0 atom stereocenters. The fourth-order valence-electron chi connectivity index (χ4n) is 3.81. The largest absolute Gasteiger partial charge is 0.0625 e. The second-order valence-electron chi connectivity index (χ2n) is 6.55. The van der Waals surface area contributed by atoms with Gasteiger partial charge in [-0.2, -0.15) is 0 Å². The molecule has 0 N–H and O–H groups in total. The van der Waals surface area contributed by atoms with Gasteiger partial charge in [-0.1, -0.05) is 27.2 Å². The van der Waals surface area contributed by atoms with Crippen molar-refractivity contribution in [3.05, 3.63) is 0 Å². The fourth-order valence-corrected chi connectivity index (χ4v) is 3.81. The summed E-state index contributed by atoms with van der Waals surface area (Å²) in [6.45, 7) is 7.02.